The van der Waals surface area contributed by atoms with E-state index in [1.165, 1.54) is 0 Å². The fourth-order valence-corrected chi connectivity index (χ4v) is 3.96. The zero-order valence-corrected chi connectivity index (χ0v) is 16.0. The largest absolute Gasteiger partial charge is 0.307 e. The number of fused-ring (bicyclic) bond motifs is 2. The van der Waals surface area contributed by atoms with Crippen molar-refractivity contribution < 1.29 is 19.2 Å². The Balaban J connectivity index is 1.57. The molecule has 1 amide bonds. The zero-order chi connectivity index (χ0) is 20.4. The Kier molecular flexibility index (Phi) is 5.21. The Morgan fingerprint density at radius 1 is 0.828 bits per heavy atom. The molecule has 1 saturated carbocycles. The summed E-state index contributed by atoms with van der Waals surface area (Å²) in [6, 6.07) is 15.5. The SMILES string of the molecule is O=C1CCC(=O)C1C(=O)CCC(=O)N1Cc2ccccc2/C=C\c2ccccc21. The minimum atomic E-state index is -1.16. The van der Waals surface area contributed by atoms with Gasteiger partial charge in [0.25, 0.3) is 0 Å². The topological polar surface area (TPSA) is 71.5 Å². The van der Waals surface area contributed by atoms with Crippen molar-refractivity contribution in [3.8, 4) is 0 Å². The highest BCUT2D eigenvalue weighted by Crippen LogP contribution is 2.29. The summed E-state index contributed by atoms with van der Waals surface area (Å²) in [5.41, 5.74) is 3.75. The van der Waals surface area contributed by atoms with Crippen molar-refractivity contribution in [2.45, 2.75) is 32.2 Å². The van der Waals surface area contributed by atoms with E-state index in [0.717, 1.165) is 22.4 Å². The number of para-hydroxylation sites is 1. The Hall–Kier alpha value is -3.34. The van der Waals surface area contributed by atoms with Crippen LogP contribution in [-0.4, -0.2) is 23.3 Å². The first-order valence-corrected chi connectivity index (χ1v) is 9.78. The van der Waals surface area contributed by atoms with Crippen molar-refractivity contribution in [3.05, 3.63) is 65.2 Å². The lowest BCUT2D eigenvalue weighted by Gasteiger charge is -2.27. The molecule has 0 saturated heterocycles. The minimum absolute atomic E-state index is 0.0316. The Bertz CT molecular complexity index is 1020. The predicted octanol–water partition coefficient (Wildman–Crippen LogP) is 3.60. The van der Waals surface area contributed by atoms with Gasteiger partial charge in [-0.15, -0.1) is 0 Å². The highest BCUT2D eigenvalue weighted by Gasteiger charge is 2.38. The molecule has 4 rings (SSSR count). The fraction of sp³-hybridized carbons (Fsp3) is 0.250. The number of hydrogen-bond donors (Lipinski definition) is 0. The maximum absolute atomic E-state index is 13.1. The lowest BCUT2D eigenvalue weighted by molar-refractivity contribution is -0.137. The summed E-state index contributed by atoms with van der Waals surface area (Å²) < 4.78 is 0. The van der Waals surface area contributed by atoms with Gasteiger partial charge in [-0.1, -0.05) is 54.6 Å². The molecule has 5 heteroatoms. The molecule has 5 nitrogen and oxygen atoms in total. The average molecular weight is 387 g/mol. The molecule has 0 spiro atoms. The molecule has 1 aliphatic heterocycles. The normalized spacial score (nSPS) is 17.3. The molecule has 0 atom stereocenters. The molecular weight excluding hydrogens is 366 g/mol. The number of carbonyl (C=O) groups excluding carboxylic acids is 4. The molecule has 29 heavy (non-hydrogen) atoms. The molecule has 2 aromatic rings. The van der Waals surface area contributed by atoms with Crippen LogP contribution in [0.4, 0.5) is 5.69 Å². The second-order valence-electron chi connectivity index (χ2n) is 7.40. The summed E-state index contributed by atoms with van der Waals surface area (Å²) in [5, 5.41) is 0. The molecule has 2 aromatic carbocycles. The first-order chi connectivity index (χ1) is 14.0. The molecule has 0 bridgehead atoms. The highest BCUT2D eigenvalue weighted by molar-refractivity contribution is 6.23. The van der Waals surface area contributed by atoms with Crippen LogP contribution in [0.2, 0.25) is 0 Å². The number of rotatable bonds is 4. The van der Waals surface area contributed by atoms with Crippen molar-refractivity contribution in [2.24, 2.45) is 5.92 Å². The molecule has 146 valence electrons. The number of hydrogen-bond acceptors (Lipinski definition) is 4. The fourth-order valence-electron chi connectivity index (χ4n) is 3.96. The molecule has 0 unspecified atom stereocenters. The van der Waals surface area contributed by atoms with Crippen LogP contribution in [0.1, 0.15) is 42.4 Å². The molecule has 1 aliphatic carbocycles. The van der Waals surface area contributed by atoms with Crippen LogP contribution in [0.5, 0.6) is 0 Å². The van der Waals surface area contributed by atoms with E-state index in [-0.39, 0.29) is 43.2 Å². The van der Waals surface area contributed by atoms with Gasteiger partial charge in [0.2, 0.25) is 5.91 Å². The van der Waals surface area contributed by atoms with Crippen molar-refractivity contribution in [1.29, 1.82) is 0 Å². The number of ketones is 3. The van der Waals surface area contributed by atoms with Gasteiger partial charge < -0.3 is 4.90 Å². The maximum Gasteiger partial charge on any atom is 0.227 e. The second kappa shape index (κ2) is 7.95. The smallest absolute Gasteiger partial charge is 0.227 e. The van der Waals surface area contributed by atoms with Crippen molar-refractivity contribution >= 4 is 41.1 Å². The van der Waals surface area contributed by atoms with Crippen LogP contribution in [0, 0.1) is 5.92 Å². The summed E-state index contributed by atoms with van der Waals surface area (Å²) >= 11 is 0. The standard InChI is InChI=1S/C24H21NO4/c26-20-11-12-21(27)24(20)22(28)13-14-23(29)25-15-18-7-2-1-5-16(18)9-10-17-6-3-4-8-19(17)25/h1-10,24H,11-15H2/b10-9-. The van der Waals surface area contributed by atoms with E-state index < -0.39 is 11.7 Å². The van der Waals surface area contributed by atoms with E-state index in [2.05, 4.69) is 0 Å². The minimum Gasteiger partial charge on any atom is -0.307 e. The Labute approximate surface area is 169 Å². The van der Waals surface area contributed by atoms with E-state index >= 15 is 0 Å². The molecule has 0 radical (unpaired) electrons. The van der Waals surface area contributed by atoms with Crippen LogP contribution >= 0.6 is 0 Å². The van der Waals surface area contributed by atoms with E-state index in [4.69, 9.17) is 0 Å². The number of amides is 1. The van der Waals surface area contributed by atoms with Gasteiger partial charge in [0.1, 0.15) is 5.92 Å². The number of carbonyl (C=O) groups is 4. The second-order valence-corrected chi connectivity index (χ2v) is 7.40. The quantitative estimate of drug-likeness (QED) is 0.752. The van der Waals surface area contributed by atoms with Crippen LogP contribution in [-0.2, 0) is 25.7 Å². The molecule has 0 aromatic heterocycles. The first-order valence-electron chi connectivity index (χ1n) is 9.78. The molecule has 1 fully saturated rings. The van der Waals surface area contributed by atoms with Gasteiger partial charge >= 0.3 is 0 Å². The number of anilines is 1. The molecule has 1 heterocycles. The van der Waals surface area contributed by atoms with E-state index in [9.17, 15) is 19.2 Å². The average Bonchev–Trinajstić information content (AvgIpc) is 3.06. The summed E-state index contributed by atoms with van der Waals surface area (Å²) in [6.07, 6.45) is 4.15. The van der Waals surface area contributed by atoms with E-state index in [0.29, 0.717) is 6.54 Å². The summed E-state index contributed by atoms with van der Waals surface area (Å²) in [7, 11) is 0. The lowest BCUT2D eigenvalue weighted by atomic mass is 9.96. The number of nitrogens with zero attached hydrogens (tertiary/aromatic N) is 1. The van der Waals surface area contributed by atoms with Gasteiger partial charge in [-0.2, -0.15) is 0 Å². The molecule has 2 aliphatic rings. The highest BCUT2D eigenvalue weighted by atomic mass is 16.2. The molecule has 0 N–H and O–H groups in total. The molecular formula is C24H21NO4. The third kappa shape index (κ3) is 3.81. The van der Waals surface area contributed by atoms with Crippen LogP contribution in [0.25, 0.3) is 12.2 Å². The van der Waals surface area contributed by atoms with Gasteiger partial charge in [-0.05, 0) is 22.8 Å². The van der Waals surface area contributed by atoms with Crippen molar-refractivity contribution in [3.63, 3.8) is 0 Å². The Morgan fingerprint density at radius 2 is 1.45 bits per heavy atom. The van der Waals surface area contributed by atoms with Gasteiger partial charge in [0, 0.05) is 25.7 Å². The van der Waals surface area contributed by atoms with Crippen molar-refractivity contribution in [2.75, 3.05) is 4.90 Å². The van der Waals surface area contributed by atoms with Gasteiger partial charge in [0.15, 0.2) is 17.3 Å². The van der Waals surface area contributed by atoms with Gasteiger partial charge in [0.05, 0.1) is 12.2 Å². The zero-order valence-electron chi connectivity index (χ0n) is 16.0. The number of Topliss-reactive ketones (excluding diaryl/α,β-unsaturated/α-hetero) is 3. The summed E-state index contributed by atoms with van der Waals surface area (Å²) in [6.45, 7) is 0.395. The number of benzene rings is 2. The van der Waals surface area contributed by atoms with Crippen LogP contribution in [0.3, 0.4) is 0 Å². The summed E-state index contributed by atoms with van der Waals surface area (Å²) in [5.74, 6) is -2.43. The Morgan fingerprint density at radius 3 is 2.21 bits per heavy atom. The van der Waals surface area contributed by atoms with Gasteiger partial charge in [-0.25, -0.2) is 0 Å². The van der Waals surface area contributed by atoms with Crippen LogP contribution in [0.15, 0.2) is 48.5 Å². The van der Waals surface area contributed by atoms with E-state index in [1.54, 1.807) is 4.90 Å². The van der Waals surface area contributed by atoms with E-state index in [1.807, 2.05) is 60.7 Å². The summed E-state index contributed by atoms with van der Waals surface area (Å²) in [4.78, 5) is 50.8. The first kappa shape index (κ1) is 19.0. The maximum atomic E-state index is 13.1. The predicted molar refractivity (Wildman–Crippen MR) is 110 cm³/mol. The monoisotopic (exact) mass is 387 g/mol. The van der Waals surface area contributed by atoms with Crippen LogP contribution < -0.4 is 4.90 Å². The van der Waals surface area contributed by atoms with Gasteiger partial charge in [-0.3, -0.25) is 19.2 Å². The third-order valence-corrected chi connectivity index (χ3v) is 5.52. The lowest BCUT2D eigenvalue weighted by Crippen LogP contribution is -2.33. The van der Waals surface area contributed by atoms with Crippen molar-refractivity contribution in [1.82, 2.24) is 0 Å². The third-order valence-electron chi connectivity index (χ3n) is 5.52.